The predicted molar refractivity (Wildman–Crippen MR) is 60.1 cm³/mol. The number of carbonyl (C=O) groups excluding carboxylic acids is 2. The van der Waals surface area contributed by atoms with Crippen LogP contribution in [-0.4, -0.2) is 24.4 Å². The van der Waals surface area contributed by atoms with Crippen molar-refractivity contribution in [3.63, 3.8) is 0 Å². The first-order chi connectivity index (χ1) is 7.77. The monoisotopic (exact) mass is 216 g/mol. The zero-order chi connectivity index (χ0) is 11.4. The van der Waals surface area contributed by atoms with E-state index in [1.54, 1.807) is 0 Å². The quantitative estimate of drug-likeness (QED) is 0.593. The highest BCUT2D eigenvalue weighted by molar-refractivity contribution is 6.18. The molecule has 1 saturated heterocycles. The van der Waals surface area contributed by atoms with Crippen molar-refractivity contribution in [2.45, 2.75) is 6.54 Å². The second-order valence-electron chi connectivity index (χ2n) is 3.64. The maximum absolute atomic E-state index is 11.3. The average molecular weight is 216 g/mol. The molecular formula is C12H12N2O2. The molecule has 16 heavy (non-hydrogen) atoms. The molecule has 82 valence electrons. The molecule has 1 aromatic carbocycles. The molecule has 1 aliphatic heterocycles. The zero-order valence-electron chi connectivity index (χ0n) is 8.72. The van der Waals surface area contributed by atoms with Crippen molar-refractivity contribution in [3.05, 3.63) is 35.9 Å². The summed E-state index contributed by atoms with van der Waals surface area (Å²) in [4.78, 5) is 26.6. The Bertz CT molecular complexity index is 410. The van der Waals surface area contributed by atoms with E-state index in [0.717, 1.165) is 5.56 Å². The lowest BCUT2D eigenvalue weighted by Gasteiger charge is -1.97. The molecule has 1 unspecified atom stereocenters. The van der Waals surface area contributed by atoms with Crippen LogP contribution in [0.1, 0.15) is 5.56 Å². The molecule has 4 nitrogen and oxygen atoms in total. The minimum absolute atomic E-state index is 0.109. The molecule has 2 rings (SSSR count). The number of ketones is 1. The number of nitrogens with one attached hydrogen (secondary N) is 1. The van der Waals surface area contributed by atoms with Gasteiger partial charge in [0, 0.05) is 6.21 Å². The SMILES string of the molecule is O=C1CNC(=O)C1C=NCc1ccccc1. The van der Waals surface area contributed by atoms with Crippen LogP contribution in [0, 0.1) is 5.92 Å². The Balaban J connectivity index is 1.95. The van der Waals surface area contributed by atoms with Crippen LogP contribution in [0.2, 0.25) is 0 Å². The van der Waals surface area contributed by atoms with Gasteiger partial charge in [0.05, 0.1) is 13.1 Å². The normalized spacial score (nSPS) is 20.4. The summed E-state index contributed by atoms with van der Waals surface area (Å²) in [5.74, 6) is -1.05. The Hall–Kier alpha value is -1.97. The van der Waals surface area contributed by atoms with Crippen LogP contribution >= 0.6 is 0 Å². The Morgan fingerprint density at radius 1 is 1.31 bits per heavy atom. The smallest absolute Gasteiger partial charge is 0.236 e. The van der Waals surface area contributed by atoms with Gasteiger partial charge in [0.2, 0.25) is 5.91 Å². The van der Waals surface area contributed by atoms with E-state index in [1.165, 1.54) is 6.21 Å². The molecule has 0 radical (unpaired) electrons. The van der Waals surface area contributed by atoms with Gasteiger partial charge in [-0.25, -0.2) is 0 Å². The number of nitrogens with zero attached hydrogens (tertiary/aromatic N) is 1. The molecule has 0 spiro atoms. The van der Waals surface area contributed by atoms with Gasteiger partial charge < -0.3 is 5.32 Å². The van der Waals surface area contributed by atoms with E-state index in [9.17, 15) is 9.59 Å². The first-order valence-electron chi connectivity index (χ1n) is 5.11. The van der Waals surface area contributed by atoms with Crippen molar-refractivity contribution in [3.8, 4) is 0 Å². The van der Waals surface area contributed by atoms with Crippen molar-refractivity contribution < 1.29 is 9.59 Å². The molecule has 0 aromatic heterocycles. The lowest BCUT2D eigenvalue weighted by molar-refractivity contribution is -0.124. The van der Waals surface area contributed by atoms with Gasteiger partial charge in [-0.1, -0.05) is 30.3 Å². The van der Waals surface area contributed by atoms with Gasteiger partial charge >= 0.3 is 0 Å². The molecule has 1 amide bonds. The first-order valence-corrected chi connectivity index (χ1v) is 5.11. The van der Waals surface area contributed by atoms with Crippen LogP contribution in [-0.2, 0) is 16.1 Å². The van der Waals surface area contributed by atoms with Crippen LogP contribution < -0.4 is 5.32 Å². The molecule has 4 heteroatoms. The summed E-state index contributed by atoms with van der Waals surface area (Å²) in [6.45, 7) is 0.624. The van der Waals surface area contributed by atoms with Gasteiger partial charge in [-0.2, -0.15) is 0 Å². The molecular weight excluding hydrogens is 204 g/mol. The van der Waals surface area contributed by atoms with E-state index in [4.69, 9.17) is 0 Å². The number of Topliss-reactive ketones (excluding diaryl/α,β-unsaturated/α-hetero) is 1. The van der Waals surface area contributed by atoms with E-state index in [2.05, 4.69) is 10.3 Å². The minimum Gasteiger partial charge on any atom is -0.348 e. The van der Waals surface area contributed by atoms with Crippen molar-refractivity contribution in [2.75, 3.05) is 6.54 Å². The third-order valence-corrected chi connectivity index (χ3v) is 2.44. The lowest BCUT2D eigenvalue weighted by atomic mass is 10.1. The van der Waals surface area contributed by atoms with Crippen molar-refractivity contribution in [1.29, 1.82) is 0 Å². The fourth-order valence-electron chi connectivity index (χ4n) is 1.54. The van der Waals surface area contributed by atoms with Crippen LogP contribution in [0.4, 0.5) is 0 Å². The van der Waals surface area contributed by atoms with E-state index >= 15 is 0 Å². The molecule has 0 aliphatic carbocycles. The highest BCUT2D eigenvalue weighted by Gasteiger charge is 2.30. The Morgan fingerprint density at radius 3 is 2.69 bits per heavy atom. The van der Waals surface area contributed by atoms with Crippen LogP contribution in [0.3, 0.4) is 0 Å². The van der Waals surface area contributed by atoms with E-state index in [-0.39, 0.29) is 18.2 Å². The number of hydrogen-bond donors (Lipinski definition) is 1. The lowest BCUT2D eigenvalue weighted by Crippen LogP contribution is -2.20. The fourth-order valence-corrected chi connectivity index (χ4v) is 1.54. The highest BCUT2D eigenvalue weighted by atomic mass is 16.2. The summed E-state index contributed by atoms with van der Waals surface area (Å²) >= 11 is 0. The third kappa shape index (κ3) is 2.34. The van der Waals surface area contributed by atoms with E-state index < -0.39 is 5.92 Å². The number of rotatable bonds is 3. The number of hydrogen-bond acceptors (Lipinski definition) is 3. The molecule has 1 aromatic rings. The van der Waals surface area contributed by atoms with Crippen molar-refractivity contribution >= 4 is 17.9 Å². The summed E-state index contributed by atoms with van der Waals surface area (Å²) < 4.78 is 0. The van der Waals surface area contributed by atoms with Crippen LogP contribution in [0.15, 0.2) is 35.3 Å². The van der Waals surface area contributed by atoms with Crippen molar-refractivity contribution in [2.24, 2.45) is 10.9 Å². The van der Waals surface area contributed by atoms with Gasteiger partial charge in [-0.05, 0) is 5.56 Å². The summed E-state index contributed by atoms with van der Waals surface area (Å²) in [5, 5.41) is 2.49. The average Bonchev–Trinajstić information content (AvgIpc) is 2.62. The molecule has 1 atom stereocenters. The second-order valence-corrected chi connectivity index (χ2v) is 3.64. The van der Waals surface area contributed by atoms with Crippen LogP contribution in [0.5, 0.6) is 0 Å². The summed E-state index contributed by atoms with van der Waals surface area (Å²) in [5.41, 5.74) is 1.06. The fraction of sp³-hybridized carbons (Fsp3) is 0.250. The van der Waals surface area contributed by atoms with E-state index in [1.807, 2.05) is 30.3 Å². The number of aliphatic imine (C=N–C) groups is 1. The van der Waals surface area contributed by atoms with Crippen molar-refractivity contribution in [1.82, 2.24) is 5.32 Å². The van der Waals surface area contributed by atoms with E-state index in [0.29, 0.717) is 6.54 Å². The van der Waals surface area contributed by atoms with Gasteiger partial charge in [0.25, 0.3) is 0 Å². The number of amides is 1. The molecule has 0 bridgehead atoms. The maximum Gasteiger partial charge on any atom is 0.236 e. The highest BCUT2D eigenvalue weighted by Crippen LogP contribution is 2.04. The molecule has 0 saturated carbocycles. The predicted octanol–water partition coefficient (Wildman–Crippen LogP) is 0.572. The molecule has 1 aliphatic rings. The number of benzene rings is 1. The summed E-state index contributed by atoms with van der Waals surface area (Å²) in [6.07, 6.45) is 1.44. The Labute approximate surface area is 93.4 Å². The molecule has 1 heterocycles. The standard InChI is InChI=1S/C12H12N2O2/c15-11-8-14-12(16)10(11)7-13-6-9-4-2-1-3-5-9/h1-5,7,10H,6,8H2,(H,14,16). The summed E-state index contributed by atoms with van der Waals surface area (Å²) in [7, 11) is 0. The van der Waals surface area contributed by atoms with Gasteiger partial charge in [0.1, 0.15) is 5.92 Å². The topological polar surface area (TPSA) is 58.5 Å². The third-order valence-electron chi connectivity index (χ3n) is 2.44. The van der Waals surface area contributed by atoms with Gasteiger partial charge in [-0.3, -0.25) is 14.6 Å². The largest absolute Gasteiger partial charge is 0.348 e. The van der Waals surface area contributed by atoms with Gasteiger partial charge in [0.15, 0.2) is 5.78 Å². The molecule has 1 N–H and O–H groups in total. The minimum atomic E-state index is -0.691. The zero-order valence-corrected chi connectivity index (χ0v) is 8.72. The molecule has 1 fully saturated rings. The Kier molecular flexibility index (Phi) is 3.10. The second kappa shape index (κ2) is 4.70. The maximum atomic E-state index is 11.3. The number of carbonyl (C=O) groups is 2. The first kappa shape index (κ1) is 10.5. The Morgan fingerprint density at radius 2 is 2.06 bits per heavy atom. The van der Waals surface area contributed by atoms with Crippen LogP contribution in [0.25, 0.3) is 0 Å². The van der Waals surface area contributed by atoms with Gasteiger partial charge in [-0.15, -0.1) is 0 Å². The summed E-state index contributed by atoms with van der Waals surface area (Å²) in [6, 6.07) is 9.69.